The van der Waals surface area contributed by atoms with Crippen LogP contribution >= 0.6 is 0 Å². The number of phenols is 1. The van der Waals surface area contributed by atoms with E-state index >= 15 is 0 Å². The highest BCUT2D eigenvalue weighted by atomic mass is 16.6. The number of aromatic hydroxyl groups is 1. The van der Waals surface area contributed by atoms with E-state index in [1.807, 2.05) is 0 Å². The second-order valence-electron chi connectivity index (χ2n) is 6.48. The Morgan fingerprint density at radius 3 is 2.00 bits per heavy atom. The first kappa shape index (κ1) is 21.8. The van der Waals surface area contributed by atoms with Crippen molar-refractivity contribution in [3.63, 3.8) is 0 Å². The number of carbonyl (C=O) groups is 1. The fraction of sp³-hybridized carbons (Fsp3) is 0.273. The molecule has 0 aliphatic rings. The molecule has 3 aromatic rings. The Hall–Kier alpha value is -3.88. The molecule has 0 amide bonds. The van der Waals surface area contributed by atoms with Gasteiger partial charge in [0.05, 0.1) is 34.1 Å². The molecule has 2 aromatic carbocycles. The zero-order valence-corrected chi connectivity index (χ0v) is 18.2. The fourth-order valence-electron chi connectivity index (χ4n) is 3.30. The van der Waals surface area contributed by atoms with Gasteiger partial charge in [-0.25, -0.2) is 4.98 Å². The van der Waals surface area contributed by atoms with Gasteiger partial charge in [0.1, 0.15) is 7.11 Å². The lowest BCUT2D eigenvalue weighted by atomic mass is 10.1. The first-order chi connectivity index (χ1) is 14.9. The number of ketones is 1. The van der Waals surface area contributed by atoms with E-state index in [2.05, 4.69) is 4.98 Å². The third kappa shape index (κ3) is 3.81. The number of rotatable bonds is 8. The third-order valence-electron chi connectivity index (χ3n) is 4.77. The molecule has 0 bridgehead atoms. The minimum atomic E-state index is -0.352. The van der Waals surface area contributed by atoms with Crippen molar-refractivity contribution in [3.8, 4) is 40.1 Å². The van der Waals surface area contributed by atoms with Gasteiger partial charge in [-0.2, -0.15) is 4.73 Å². The van der Waals surface area contributed by atoms with Gasteiger partial charge in [0.2, 0.25) is 11.5 Å². The normalized spacial score (nSPS) is 10.5. The molecule has 0 fully saturated rings. The van der Waals surface area contributed by atoms with E-state index in [-0.39, 0.29) is 17.2 Å². The Bertz CT molecular complexity index is 1100. The minimum absolute atomic E-state index is 0.0548. The van der Waals surface area contributed by atoms with Crippen LogP contribution in [-0.4, -0.2) is 56.2 Å². The summed E-state index contributed by atoms with van der Waals surface area (Å²) < 4.78 is 22.4. The average molecular weight is 428 g/mol. The molecule has 1 heterocycles. The van der Waals surface area contributed by atoms with Crippen LogP contribution in [0.25, 0.3) is 11.4 Å². The molecule has 0 saturated heterocycles. The van der Waals surface area contributed by atoms with Crippen LogP contribution in [0.4, 0.5) is 0 Å². The molecule has 1 aromatic heterocycles. The van der Waals surface area contributed by atoms with Crippen molar-refractivity contribution >= 4 is 5.78 Å². The van der Waals surface area contributed by atoms with Crippen molar-refractivity contribution in [2.75, 3.05) is 35.5 Å². The zero-order valence-electron chi connectivity index (χ0n) is 18.2. The van der Waals surface area contributed by atoms with Crippen molar-refractivity contribution in [1.82, 2.24) is 9.71 Å². The number of methoxy groups -OCH3 is 4. The highest BCUT2D eigenvalue weighted by molar-refractivity contribution is 6.09. The molecule has 164 valence electrons. The van der Waals surface area contributed by atoms with E-state index in [1.165, 1.54) is 46.3 Å². The van der Waals surface area contributed by atoms with Gasteiger partial charge in [0.15, 0.2) is 34.5 Å². The summed E-state index contributed by atoms with van der Waals surface area (Å²) in [6, 6.07) is 7.94. The molecule has 0 aliphatic carbocycles. The first-order valence-corrected chi connectivity index (χ1v) is 9.26. The Kier molecular flexibility index (Phi) is 6.24. The van der Waals surface area contributed by atoms with E-state index in [1.54, 1.807) is 31.2 Å². The van der Waals surface area contributed by atoms with E-state index in [4.69, 9.17) is 23.8 Å². The Morgan fingerprint density at radius 2 is 1.52 bits per heavy atom. The predicted octanol–water partition coefficient (Wildman–Crippen LogP) is 2.89. The van der Waals surface area contributed by atoms with Gasteiger partial charge in [-0.3, -0.25) is 4.79 Å². The lowest BCUT2D eigenvalue weighted by molar-refractivity contribution is 0.0978. The number of aromatic nitrogens is 2. The summed E-state index contributed by atoms with van der Waals surface area (Å²) >= 11 is 0. The smallest absolute Gasteiger partial charge is 0.215 e. The van der Waals surface area contributed by atoms with Gasteiger partial charge in [0, 0.05) is 11.1 Å². The lowest BCUT2D eigenvalue weighted by Gasteiger charge is -2.14. The number of hydrogen-bond donors (Lipinski definition) is 1. The van der Waals surface area contributed by atoms with Gasteiger partial charge in [0.25, 0.3) is 0 Å². The molecule has 31 heavy (non-hydrogen) atoms. The van der Waals surface area contributed by atoms with Gasteiger partial charge >= 0.3 is 0 Å². The summed E-state index contributed by atoms with van der Waals surface area (Å²) in [6.07, 6.45) is 0. The van der Waals surface area contributed by atoms with Crippen molar-refractivity contribution in [1.29, 1.82) is 0 Å². The van der Waals surface area contributed by atoms with E-state index < -0.39 is 0 Å². The standard InChI is InChI=1S/C22H24N2O7/c1-12-19(20(26)14-10-17(28-3)21(30-5)18(11-14)29-4)24(31-6)22(23-12)13-7-8-16(27-2)15(25)9-13/h7-11,25H,1-6H3. The van der Waals surface area contributed by atoms with Crippen LogP contribution in [0.3, 0.4) is 0 Å². The lowest BCUT2D eigenvalue weighted by Crippen LogP contribution is -2.17. The number of aryl methyl sites for hydroxylation is 1. The maximum Gasteiger partial charge on any atom is 0.215 e. The summed E-state index contributed by atoms with van der Waals surface area (Å²) in [7, 11) is 7.33. The maximum atomic E-state index is 13.4. The summed E-state index contributed by atoms with van der Waals surface area (Å²) in [4.78, 5) is 23.4. The van der Waals surface area contributed by atoms with Crippen molar-refractivity contribution in [3.05, 3.63) is 47.3 Å². The monoisotopic (exact) mass is 428 g/mol. The summed E-state index contributed by atoms with van der Waals surface area (Å²) in [5, 5.41) is 10.1. The average Bonchev–Trinajstić information content (AvgIpc) is 3.13. The number of phenolic OH excluding ortho intramolecular Hbond substituents is 1. The predicted molar refractivity (Wildman–Crippen MR) is 113 cm³/mol. The molecule has 0 unspecified atom stereocenters. The molecular formula is C22H24N2O7. The second kappa shape index (κ2) is 8.86. The molecule has 9 nitrogen and oxygen atoms in total. The molecule has 0 aliphatic heterocycles. The number of carbonyl (C=O) groups excluding carboxylic acids is 1. The van der Waals surface area contributed by atoms with E-state index in [9.17, 15) is 9.90 Å². The van der Waals surface area contributed by atoms with Crippen LogP contribution in [0.1, 0.15) is 21.7 Å². The second-order valence-corrected chi connectivity index (χ2v) is 6.48. The largest absolute Gasteiger partial charge is 0.504 e. The highest BCUT2D eigenvalue weighted by Gasteiger charge is 2.26. The number of benzene rings is 2. The van der Waals surface area contributed by atoms with Crippen molar-refractivity contribution in [2.24, 2.45) is 0 Å². The summed E-state index contributed by atoms with van der Waals surface area (Å²) in [5.74, 6) is 1.36. The molecule has 0 saturated carbocycles. The quantitative estimate of drug-likeness (QED) is 0.547. The fourth-order valence-corrected chi connectivity index (χ4v) is 3.30. The molecule has 9 heteroatoms. The van der Waals surface area contributed by atoms with E-state index in [0.29, 0.717) is 45.6 Å². The highest BCUT2D eigenvalue weighted by Crippen LogP contribution is 2.39. The molecule has 0 atom stereocenters. The Balaban J connectivity index is 2.14. The molecule has 3 rings (SSSR count). The third-order valence-corrected chi connectivity index (χ3v) is 4.77. The topological polar surface area (TPSA) is 101 Å². The number of ether oxygens (including phenoxy) is 4. The van der Waals surface area contributed by atoms with Crippen molar-refractivity contribution in [2.45, 2.75) is 6.92 Å². The molecule has 0 radical (unpaired) electrons. The molecule has 1 N–H and O–H groups in total. The number of imidazole rings is 1. The summed E-state index contributed by atoms with van der Waals surface area (Å²) in [6.45, 7) is 1.70. The van der Waals surface area contributed by atoms with Crippen LogP contribution in [0.2, 0.25) is 0 Å². The number of hydrogen-bond acceptors (Lipinski definition) is 8. The number of nitrogens with zero attached hydrogens (tertiary/aromatic N) is 2. The van der Waals surface area contributed by atoms with Crippen molar-refractivity contribution < 1.29 is 33.7 Å². The van der Waals surface area contributed by atoms with Crippen LogP contribution in [-0.2, 0) is 0 Å². The van der Waals surface area contributed by atoms with Crippen LogP contribution in [0, 0.1) is 6.92 Å². The van der Waals surface area contributed by atoms with E-state index in [0.717, 1.165) is 0 Å². The van der Waals surface area contributed by atoms with Crippen LogP contribution in [0.15, 0.2) is 30.3 Å². The Morgan fingerprint density at radius 1 is 0.903 bits per heavy atom. The maximum absolute atomic E-state index is 13.4. The molecule has 0 spiro atoms. The SMILES string of the molecule is COc1ccc(-c2nc(C)c(C(=O)c3cc(OC)c(OC)c(OC)c3)n2OC)cc1O. The van der Waals surface area contributed by atoms with Crippen LogP contribution < -0.4 is 23.8 Å². The van der Waals surface area contributed by atoms with Crippen LogP contribution in [0.5, 0.6) is 28.7 Å². The first-order valence-electron chi connectivity index (χ1n) is 9.26. The Labute approximate surface area is 179 Å². The van der Waals surface area contributed by atoms with Gasteiger partial charge in [-0.15, -0.1) is 0 Å². The van der Waals surface area contributed by atoms with Gasteiger partial charge in [-0.05, 0) is 37.3 Å². The zero-order chi connectivity index (χ0) is 22.7. The van der Waals surface area contributed by atoms with Gasteiger partial charge < -0.3 is 28.9 Å². The minimum Gasteiger partial charge on any atom is -0.504 e. The van der Waals surface area contributed by atoms with Gasteiger partial charge in [-0.1, -0.05) is 0 Å². The summed E-state index contributed by atoms with van der Waals surface area (Å²) in [5.41, 5.74) is 1.53. The molecular weight excluding hydrogens is 404 g/mol.